The van der Waals surface area contributed by atoms with Crippen molar-refractivity contribution in [2.24, 2.45) is 0 Å². The van der Waals surface area contributed by atoms with Gasteiger partial charge in [0.1, 0.15) is 10.6 Å². The molecule has 0 aromatic carbocycles. The Labute approximate surface area is 129 Å². The van der Waals surface area contributed by atoms with Crippen molar-refractivity contribution < 1.29 is 0 Å². The van der Waals surface area contributed by atoms with Crippen LogP contribution in [0.3, 0.4) is 0 Å². The van der Waals surface area contributed by atoms with E-state index in [9.17, 15) is 0 Å². The van der Waals surface area contributed by atoms with E-state index < -0.39 is 0 Å². The van der Waals surface area contributed by atoms with Gasteiger partial charge in [-0.25, -0.2) is 9.97 Å². The average molecular weight is 312 g/mol. The lowest BCUT2D eigenvalue weighted by Crippen LogP contribution is -2.20. The fourth-order valence-electron chi connectivity index (χ4n) is 2.41. The molecule has 2 rings (SSSR count). The topological polar surface area (TPSA) is 37.8 Å². The zero-order chi connectivity index (χ0) is 14.5. The van der Waals surface area contributed by atoms with E-state index in [0.717, 1.165) is 22.5 Å². The first-order valence-electron chi connectivity index (χ1n) is 7.34. The summed E-state index contributed by atoms with van der Waals surface area (Å²) < 4.78 is 0. The smallest absolute Gasteiger partial charge is 0.225 e. The van der Waals surface area contributed by atoms with Crippen LogP contribution < -0.4 is 5.32 Å². The van der Waals surface area contributed by atoms with E-state index in [1.165, 1.54) is 30.6 Å². The number of aryl methyl sites for hydroxylation is 1. The minimum atomic E-state index is 0.326. The predicted molar refractivity (Wildman–Crippen MR) is 89.0 cm³/mol. The Kier molecular flexibility index (Phi) is 5.61. The van der Waals surface area contributed by atoms with Crippen molar-refractivity contribution in [3.8, 4) is 0 Å². The second kappa shape index (κ2) is 7.23. The number of halogens is 1. The molecule has 0 bridgehead atoms. The van der Waals surface area contributed by atoms with Gasteiger partial charge in [-0.05, 0) is 37.4 Å². The van der Waals surface area contributed by atoms with E-state index in [2.05, 4.69) is 42.1 Å². The molecule has 0 saturated carbocycles. The van der Waals surface area contributed by atoms with Crippen LogP contribution in [0, 0.1) is 6.92 Å². The number of aromatic nitrogens is 2. The lowest BCUT2D eigenvalue weighted by atomic mass is 10.1. The maximum Gasteiger partial charge on any atom is 0.225 e. The summed E-state index contributed by atoms with van der Waals surface area (Å²) in [5.41, 5.74) is 0. The van der Waals surface area contributed by atoms with Gasteiger partial charge in [0.25, 0.3) is 0 Å². The van der Waals surface area contributed by atoms with Crippen molar-refractivity contribution in [1.29, 1.82) is 0 Å². The van der Waals surface area contributed by atoms with Crippen LogP contribution in [0.1, 0.15) is 50.8 Å². The van der Waals surface area contributed by atoms with Crippen molar-refractivity contribution >= 4 is 39.0 Å². The lowest BCUT2D eigenvalue weighted by molar-refractivity contribution is 0.563. The third-order valence-corrected chi connectivity index (χ3v) is 4.49. The molecule has 1 N–H and O–H groups in total. The predicted octanol–water partition coefficient (Wildman–Crippen LogP) is 5.42. The van der Waals surface area contributed by atoms with Gasteiger partial charge in [0.2, 0.25) is 5.28 Å². The molecular formula is C15H22ClN3S. The molecule has 110 valence electrons. The minimum absolute atomic E-state index is 0.326. The van der Waals surface area contributed by atoms with Crippen molar-refractivity contribution in [1.82, 2.24) is 9.97 Å². The number of anilines is 1. The Hall–Kier alpha value is -0.870. The fraction of sp³-hybridized carbons (Fsp3) is 0.600. The fourth-order valence-corrected chi connectivity index (χ4v) is 3.51. The van der Waals surface area contributed by atoms with E-state index in [4.69, 9.17) is 11.6 Å². The SMILES string of the molecule is CCCCC(CCC)Nc1nc(Cl)nc2sc(C)cc12. The van der Waals surface area contributed by atoms with Gasteiger partial charge in [0.15, 0.2) is 0 Å². The number of fused-ring (bicyclic) bond motifs is 1. The molecule has 2 heterocycles. The molecular weight excluding hydrogens is 290 g/mol. The van der Waals surface area contributed by atoms with Crippen molar-refractivity contribution in [2.45, 2.75) is 58.9 Å². The molecule has 0 aliphatic rings. The number of unbranched alkanes of at least 4 members (excludes halogenated alkanes) is 1. The Bertz CT molecular complexity index is 567. The summed E-state index contributed by atoms with van der Waals surface area (Å²) in [5.74, 6) is 0.888. The lowest BCUT2D eigenvalue weighted by Gasteiger charge is -2.19. The first kappa shape index (κ1) is 15.5. The van der Waals surface area contributed by atoms with Gasteiger partial charge in [0, 0.05) is 10.9 Å². The van der Waals surface area contributed by atoms with Gasteiger partial charge in [0.05, 0.1) is 5.39 Å². The summed E-state index contributed by atoms with van der Waals surface area (Å²) in [5, 5.41) is 5.00. The van der Waals surface area contributed by atoms with Crippen LogP contribution in [0.4, 0.5) is 5.82 Å². The highest BCUT2D eigenvalue weighted by molar-refractivity contribution is 7.18. The summed E-state index contributed by atoms with van der Waals surface area (Å²) in [6, 6.07) is 2.61. The Morgan fingerprint density at radius 1 is 1.25 bits per heavy atom. The molecule has 0 aliphatic heterocycles. The Morgan fingerprint density at radius 3 is 2.75 bits per heavy atom. The highest BCUT2D eigenvalue weighted by atomic mass is 35.5. The van der Waals surface area contributed by atoms with E-state index in [-0.39, 0.29) is 0 Å². The molecule has 1 atom stereocenters. The molecule has 2 aromatic heterocycles. The van der Waals surface area contributed by atoms with Crippen molar-refractivity contribution in [3.63, 3.8) is 0 Å². The molecule has 2 aromatic rings. The Morgan fingerprint density at radius 2 is 2.05 bits per heavy atom. The van der Waals surface area contributed by atoms with Crippen LogP contribution in [-0.2, 0) is 0 Å². The maximum absolute atomic E-state index is 6.04. The van der Waals surface area contributed by atoms with Crippen LogP contribution in [-0.4, -0.2) is 16.0 Å². The largest absolute Gasteiger partial charge is 0.367 e. The quantitative estimate of drug-likeness (QED) is 0.693. The summed E-state index contributed by atoms with van der Waals surface area (Å²) in [4.78, 5) is 10.9. The van der Waals surface area contributed by atoms with Crippen LogP contribution in [0.15, 0.2) is 6.07 Å². The number of hydrogen-bond acceptors (Lipinski definition) is 4. The number of nitrogens with one attached hydrogen (secondary N) is 1. The second-order valence-electron chi connectivity index (χ2n) is 5.19. The summed E-state index contributed by atoms with van der Waals surface area (Å²) in [7, 11) is 0. The van der Waals surface area contributed by atoms with Gasteiger partial charge < -0.3 is 5.32 Å². The first-order chi connectivity index (χ1) is 9.63. The maximum atomic E-state index is 6.04. The highest BCUT2D eigenvalue weighted by Gasteiger charge is 2.13. The summed E-state index contributed by atoms with van der Waals surface area (Å²) >= 11 is 7.71. The third-order valence-electron chi connectivity index (χ3n) is 3.37. The number of rotatable bonds is 7. The molecule has 0 amide bonds. The molecule has 1 unspecified atom stereocenters. The molecule has 0 aliphatic carbocycles. The van der Waals surface area contributed by atoms with Crippen LogP contribution in [0.5, 0.6) is 0 Å². The van der Waals surface area contributed by atoms with Gasteiger partial charge in [-0.2, -0.15) is 0 Å². The van der Waals surface area contributed by atoms with E-state index in [1.807, 2.05) is 0 Å². The molecule has 3 nitrogen and oxygen atoms in total. The normalized spacial score (nSPS) is 12.8. The summed E-state index contributed by atoms with van der Waals surface area (Å²) in [6.07, 6.45) is 5.97. The van der Waals surface area contributed by atoms with Gasteiger partial charge in [-0.3, -0.25) is 0 Å². The van der Waals surface area contributed by atoms with E-state index >= 15 is 0 Å². The summed E-state index contributed by atoms with van der Waals surface area (Å²) in [6.45, 7) is 6.54. The van der Waals surface area contributed by atoms with Crippen LogP contribution in [0.2, 0.25) is 5.28 Å². The highest BCUT2D eigenvalue weighted by Crippen LogP contribution is 2.30. The van der Waals surface area contributed by atoms with Crippen LogP contribution in [0.25, 0.3) is 10.2 Å². The number of hydrogen-bond donors (Lipinski definition) is 1. The monoisotopic (exact) mass is 311 g/mol. The minimum Gasteiger partial charge on any atom is -0.367 e. The molecule has 0 radical (unpaired) electrons. The molecule has 0 saturated heterocycles. The zero-order valence-electron chi connectivity index (χ0n) is 12.4. The van der Waals surface area contributed by atoms with Gasteiger partial charge in [-0.15, -0.1) is 11.3 Å². The molecule has 0 fully saturated rings. The molecule has 20 heavy (non-hydrogen) atoms. The molecule has 0 spiro atoms. The van der Waals surface area contributed by atoms with Crippen molar-refractivity contribution in [2.75, 3.05) is 5.32 Å². The average Bonchev–Trinajstić information content (AvgIpc) is 2.76. The number of thiophene rings is 1. The van der Waals surface area contributed by atoms with E-state index in [1.54, 1.807) is 11.3 Å². The second-order valence-corrected chi connectivity index (χ2v) is 6.76. The third kappa shape index (κ3) is 3.83. The Balaban J connectivity index is 2.25. The standard InChI is InChI=1S/C15H22ClN3S/c1-4-6-8-11(7-5-2)17-13-12-9-10(3)20-14(12)19-15(16)18-13/h9,11H,4-8H2,1-3H3,(H,17,18,19). The van der Waals surface area contributed by atoms with Crippen LogP contribution >= 0.6 is 22.9 Å². The van der Waals surface area contributed by atoms with E-state index in [0.29, 0.717) is 11.3 Å². The van der Waals surface area contributed by atoms with Gasteiger partial charge >= 0.3 is 0 Å². The molecule has 5 heteroatoms. The van der Waals surface area contributed by atoms with Gasteiger partial charge in [-0.1, -0.05) is 33.1 Å². The number of nitrogens with zero attached hydrogens (tertiary/aromatic N) is 2. The van der Waals surface area contributed by atoms with Crippen molar-refractivity contribution in [3.05, 3.63) is 16.2 Å². The zero-order valence-corrected chi connectivity index (χ0v) is 13.9. The first-order valence-corrected chi connectivity index (χ1v) is 8.53.